The molecule has 0 fully saturated rings. The number of aromatic hydroxyl groups is 1. The minimum absolute atomic E-state index is 0.403. The number of phenols is 1. The highest BCUT2D eigenvalue weighted by molar-refractivity contribution is 5.37. The van der Waals surface area contributed by atoms with Gasteiger partial charge in [-0.25, -0.2) is 0 Å². The Morgan fingerprint density at radius 3 is 2.29 bits per heavy atom. The van der Waals surface area contributed by atoms with E-state index in [1.807, 2.05) is 38.2 Å². The molecule has 2 rings (SSSR count). The number of fused-ring (bicyclic) bond motifs is 1. The molecule has 0 aliphatic heterocycles. The highest BCUT2D eigenvalue weighted by Gasteiger charge is 2.09. The number of aryl methyl sites for hydroxylation is 2. The van der Waals surface area contributed by atoms with Crippen LogP contribution < -0.4 is 0 Å². The molecule has 0 radical (unpaired) electrons. The van der Waals surface area contributed by atoms with Crippen molar-refractivity contribution in [2.24, 2.45) is 0 Å². The van der Waals surface area contributed by atoms with Crippen LogP contribution >= 0.6 is 0 Å². The summed E-state index contributed by atoms with van der Waals surface area (Å²) in [5.74, 6) is 0.403. The summed E-state index contributed by atoms with van der Waals surface area (Å²) in [5, 5.41) is 9.10. The fraction of sp³-hybridized carbons (Fsp3) is 0.500. The van der Waals surface area contributed by atoms with Gasteiger partial charge in [-0.05, 0) is 63.7 Å². The lowest BCUT2D eigenvalue weighted by Crippen LogP contribution is -1.99. The standard InChI is InChI=1S/C9H10O.C3H9N/c10-9-5-4-7-2-1-3-8(7)6-9;1-4(2)3/h4-6,10H,1-3H2;1-3H3. The first kappa shape index (κ1) is 11.1. The first-order chi connectivity index (χ1) is 6.59. The molecule has 0 spiro atoms. The van der Waals surface area contributed by atoms with Crippen LogP contribution in [0.25, 0.3) is 0 Å². The predicted molar refractivity (Wildman–Crippen MR) is 59.7 cm³/mol. The highest BCUT2D eigenvalue weighted by Crippen LogP contribution is 2.24. The van der Waals surface area contributed by atoms with Gasteiger partial charge in [0.1, 0.15) is 5.75 Å². The summed E-state index contributed by atoms with van der Waals surface area (Å²) in [4.78, 5) is 2.00. The van der Waals surface area contributed by atoms with E-state index in [-0.39, 0.29) is 0 Å². The van der Waals surface area contributed by atoms with E-state index in [0.29, 0.717) is 5.75 Å². The Morgan fingerprint density at radius 1 is 1.07 bits per heavy atom. The molecule has 0 saturated heterocycles. The number of benzene rings is 1. The van der Waals surface area contributed by atoms with Gasteiger partial charge in [0.15, 0.2) is 0 Å². The average molecular weight is 193 g/mol. The van der Waals surface area contributed by atoms with Crippen LogP contribution in [0.2, 0.25) is 0 Å². The van der Waals surface area contributed by atoms with Gasteiger partial charge in [0.2, 0.25) is 0 Å². The zero-order valence-corrected chi connectivity index (χ0v) is 9.25. The van der Waals surface area contributed by atoms with Crippen LogP contribution in [0.15, 0.2) is 18.2 Å². The number of hydrogen-bond acceptors (Lipinski definition) is 2. The summed E-state index contributed by atoms with van der Waals surface area (Å²) in [5.41, 5.74) is 2.75. The molecule has 2 nitrogen and oxygen atoms in total. The number of phenolic OH excluding ortho intramolecular Hbond substituents is 1. The molecule has 0 amide bonds. The Morgan fingerprint density at radius 2 is 1.64 bits per heavy atom. The molecule has 0 heterocycles. The fourth-order valence-corrected chi connectivity index (χ4v) is 1.56. The van der Waals surface area contributed by atoms with E-state index in [1.54, 1.807) is 6.07 Å². The van der Waals surface area contributed by atoms with Crippen molar-refractivity contribution in [1.29, 1.82) is 0 Å². The van der Waals surface area contributed by atoms with E-state index in [2.05, 4.69) is 0 Å². The lowest BCUT2D eigenvalue weighted by molar-refractivity contribution is 0.474. The van der Waals surface area contributed by atoms with E-state index in [9.17, 15) is 0 Å². The summed E-state index contributed by atoms with van der Waals surface area (Å²) in [7, 11) is 6.00. The van der Waals surface area contributed by atoms with Crippen molar-refractivity contribution in [3.63, 3.8) is 0 Å². The second-order valence-corrected chi connectivity index (χ2v) is 4.15. The minimum Gasteiger partial charge on any atom is -0.508 e. The molecule has 2 heteroatoms. The van der Waals surface area contributed by atoms with Crippen LogP contribution in [-0.4, -0.2) is 31.1 Å². The first-order valence-corrected chi connectivity index (χ1v) is 5.01. The normalized spacial score (nSPS) is 13.4. The van der Waals surface area contributed by atoms with E-state index >= 15 is 0 Å². The van der Waals surface area contributed by atoms with Crippen LogP contribution in [-0.2, 0) is 12.8 Å². The van der Waals surface area contributed by atoms with Gasteiger partial charge in [-0.3, -0.25) is 0 Å². The summed E-state index contributed by atoms with van der Waals surface area (Å²) < 4.78 is 0. The third-order valence-corrected chi connectivity index (χ3v) is 2.08. The monoisotopic (exact) mass is 193 g/mol. The molecule has 0 aromatic heterocycles. The molecular weight excluding hydrogens is 174 g/mol. The van der Waals surface area contributed by atoms with Gasteiger partial charge in [-0.15, -0.1) is 0 Å². The molecule has 1 aliphatic rings. The maximum atomic E-state index is 9.10. The van der Waals surface area contributed by atoms with E-state index in [4.69, 9.17) is 5.11 Å². The highest BCUT2D eigenvalue weighted by atomic mass is 16.3. The van der Waals surface area contributed by atoms with Crippen LogP contribution in [0, 0.1) is 0 Å². The first-order valence-electron chi connectivity index (χ1n) is 5.01. The fourth-order valence-electron chi connectivity index (χ4n) is 1.56. The summed E-state index contributed by atoms with van der Waals surface area (Å²) in [6.07, 6.45) is 3.58. The number of hydrogen-bond donors (Lipinski definition) is 1. The smallest absolute Gasteiger partial charge is 0.115 e. The molecule has 14 heavy (non-hydrogen) atoms. The Bertz CT molecular complexity index is 292. The SMILES string of the molecule is CN(C)C.Oc1ccc2c(c1)CCC2. The van der Waals surface area contributed by atoms with Gasteiger partial charge in [-0.1, -0.05) is 6.07 Å². The topological polar surface area (TPSA) is 23.5 Å². The molecule has 1 aliphatic carbocycles. The number of nitrogens with zero attached hydrogens (tertiary/aromatic N) is 1. The molecule has 1 N–H and O–H groups in total. The molecule has 1 aromatic rings. The molecule has 1 aromatic carbocycles. The van der Waals surface area contributed by atoms with Crippen molar-refractivity contribution in [2.75, 3.05) is 21.1 Å². The van der Waals surface area contributed by atoms with Gasteiger partial charge in [0.05, 0.1) is 0 Å². The van der Waals surface area contributed by atoms with Crippen LogP contribution in [0.1, 0.15) is 17.5 Å². The quantitative estimate of drug-likeness (QED) is 0.681. The van der Waals surface area contributed by atoms with Gasteiger partial charge in [0, 0.05) is 0 Å². The molecule has 78 valence electrons. The van der Waals surface area contributed by atoms with Gasteiger partial charge >= 0.3 is 0 Å². The van der Waals surface area contributed by atoms with Crippen LogP contribution in [0.3, 0.4) is 0 Å². The molecule has 0 atom stereocenters. The predicted octanol–water partition coefficient (Wildman–Crippen LogP) is 2.06. The Hall–Kier alpha value is -1.02. The lowest BCUT2D eigenvalue weighted by Gasteiger charge is -1.97. The van der Waals surface area contributed by atoms with Crippen molar-refractivity contribution in [1.82, 2.24) is 4.90 Å². The maximum Gasteiger partial charge on any atom is 0.115 e. The molecule has 0 unspecified atom stereocenters. The Labute approximate surface area is 86.2 Å². The summed E-state index contributed by atoms with van der Waals surface area (Å²) in [6, 6.07) is 5.67. The third-order valence-electron chi connectivity index (χ3n) is 2.08. The second kappa shape index (κ2) is 5.01. The van der Waals surface area contributed by atoms with E-state index in [1.165, 1.54) is 24.0 Å². The van der Waals surface area contributed by atoms with E-state index in [0.717, 1.165) is 6.42 Å². The molecule has 0 bridgehead atoms. The molecule has 0 saturated carbocycles. The minimum atomic E-state index is 0.403. The van der Waals surface area contributed by atoms with Crippen LogP contribution in [0.5, 0.6) is 5.75 Å². The average Bonchev–Trinajstić information content (AvgIpc) is 2.49. The lowest BCUT2D eigenvalue weighted by atomic mass is 10.1. The van der Waals surface area contributed by atoms with Crippen molar-refractivity contribution < 1.29 is 5.11 Å². The van der Waals surface area contributed by atoms with Crippen molar-refractivity contribution in [2.45, 2.75) is 19.3 Å². The zero-order valence-electron chi connectivity index (χ0n) is 9.25. The second-order valence-electron chi connectivity index (χ2n) is 4.15. The third kappa shape index (κ3) is 3.38. The zero-order chi connectivity index (χ0) is 10.6. The van der Waals surface area contributed by atoms with Crippen molar-refractivity contribution in [3.8, 4) is 5.75 Å². The van der Waals surface area contributed by atoms with Gasteiger partial charge < -0.3 is 10.0 Å². The Kier molecular flexibility index (Phi) is 3.96. The molecular formula is C12H19NO. The summed E-state index contributed by atoms with van der Waals surface area (Å²) >= 11 is 0. The van der Waals surface area contributed by atoms with E-state index < -0.39 is 0 Å². The Balaban J connectivity index is 0.000000213. The number of rotatable bonds is 0. The van der Waals surface area contributed by atoms with Crippen molar-refractivity contribution in [3.05, 3.63) is 29.3 Å². The van der Waals surface area contributed by atoms with Crippen molar-refractivity contribution >= 4 is 0 Å². The summed E-state index contributed by atoms with van der Waals surface area (Å²) in [6.45, 7) is 0. The van der Waals surface area contributed by atoms with Gasteiger partial charge in [-0.2, -0.15) is 0 Å². The largest absolute Gasteiger partial charge is 0.508 e. The van der Waals surface area contributed by atoms with Gasteiger partial charge in [0.25, 0.3) is 0 Å². The van der Waals surface area contributed by atoms with Crippen LogP contribution in [0.4, 0.5) is 0 Å². The maximum absolute atomic E-state index is 9.10.